The van der Waals surface area contributed by atoms with Crippen LogP contribution in [0.1, 0.15) is 17.0 Å². The van der Waals surface area contributed by atoms with E-state index in [-0.39, 0.29) is 10.8 Å². The number of rotatable bonds is 2. The van der Waals surface area contributed by atoms with Gasteiger partial charge in [-0.1, -0.05) is 35.9 Å². The average molecular weight is 319 g/mol. The second-order valence-corrected chi connectivity index (χ2v) is 5.60. The van der Waals surface area contributed by atoms with E-state index in [2.05, 4.69) is 22.1 Å². The van der Waals surface area contributed by atoms with Crippen molar-refractivity contribution in [2.45, 2.75) is 19.8 Å². The van der Waals surface area contributed by atoms with Crippen LogP contribution in [-0.2, 0) is 12.8 Å². The Labute approximate surface area is 132 Å². The van der Waals surface area contributed by atoms with Crippen LogP contribution >= 0.6 is 11.6 Å². The zero-order chi connectivity index (χ0) is 15.7. The van der Waals surface area contributed by atoms with Gasteiger partial charge in [-0.15, -0.1) is 0 Å². The third-order valence-electron chi connectivity index (χ3n) is 3.84. The lowest BCUT2D eigenvalue weighted by atomic mass is 10.0. The monoisotopic (exact) mass is 318 g/mol. The minimum absolute atomic E-state index is 0.103. The van der Waals surface area contributed by atoms with Gasteiger partial charge in [-0.3, -0.25) is 10.1 Å². The number of nitrogens with zero attached hydrogens (tertiary/aromatic N) is 4. The third-order valence-corrected chi connectivity index (χ3v) is 4.10. The maximum Gasteiger partial charge on any atom is 0.348 e. The predicted octanol–water partition coefficient (Wildman–Crippen LogP) is 2.95. The van der Waals surface area contributed by atoms with Crippen LogP contribution in [0.15, 0.2) is 24.3 Å². The number of benzene rings is 1. The first-order chi connectivity index (χ1) is 10.6. The number of hydrogen-bond donors (Lipinski definition) is 0. The molecule has 1 aromatic carbocycles. The van der Waals surface area contributed by atoms with Crippen LogP contribution in [0, 0.1) is 17.0 Å². The van der Waals surface area contributed by atoms with Crippen molar-refractivity contribution in [3.05, 3.63) is 56.5 Å². The predicted molar refractivity (Wildman–Crippen MR) is 84.5 cm³/mol. The lowest BCUT2D eigenvalue weighted by Crippen LogP contribution is -2.28. The molecule has 6 nitrogen and oxygen atoms in total. The summed E-state index contributed by atoms with van der Waals surface area (Å²) in [5.41, 5.74) is 2.35. The fraction of sp³-hybridized carbons (Fsp3) is 0.333. The molecule has 0 fully saturated rings. The quantitative estimate of drug-likeness (QED) is 0.483. The minimum Gasteiger partial charge on any atom is -0.350 e. The standard InChI is InChI=1S/C15H15ClN4O2/c1-10-17-14(16)13(20(21)22)15(18-10)19-8-6-11-4-2-3-5-12(11)7-9-19/h2-5H,6-9H2,1H3. The van der Waals surface area contributed by atoms with Gasteiger partial charge in [0.2, 0.25) is 11.0 Å². The maximum absolute atomic E-state index is 11.3. The van der Waals surface area contributed by atoms with Gasteiger partial charge in [0.05, 0.1) is 4.92 Å². The molecular weight excluding hydrogens is 304 g/mol. The summed E-state index contributed by atoms with van der Waals surface area (Å²) in [6, 6.07) is 8.24. The number of anilines is 1. The van der Waals surface area contributed by atoms with E-state index in [0.717, 1.165) is 12.8 Å². The second kappa shape index (κ2) is 5.88. The van der Waals surface area contributed by atoms with Crippen molar-refractivity contribution in [1.29, 1.82) is 0 Å². The molecule has 1 aromatic heterocycles. The van der Waals surface area contributed by atoms with E-state index in [1.165, 1.54) is 11.1 Å². The summed E-state index contributed by atoms with van der Waals surface area (Å²) < 4.78 is 0. The summed E-state index contributed by atoms with van der Waals surface area (Å²) in [7, 11) is 0. The van der Waals surface area contributed by atoms with E-state index in [1.54, 1.807) is 6.92 Å². The van der Waals surface area contributed by atoms with Gasteiger partial charge < -0.3 is 4.90 Å². The third kappa shape index (κ3) is 2.74. The highest BCUT2D eigenvalue weighted by Crippen LogP contribution is 2.33. The molecule has 0 radical (unpaired) electrons. The summed E-state index contributed by atoms with van der Waals surface area (Å²) in [6.07, 6.45) is 1.65. The first-order valence-corrected chi connectivity index (χ1v) is 7.44. The molecule has 1 aliphatic rings. The number of aryl methyl sites for hydroxylation is 1. The van der Waals surface area contributed by atoms with Crippen LogP contribution in [0.25, 0.3) is 0 Å². The number of nitro groups is 1. The van der Waals surface area contributed by atoms with Gasteiger partial charge in [0.1, 0.15) is 5.82 Å². The lowest BCUT2D eigenvalue weighted by Gasteiger charge is -2.21. The average Bonchev–Trinajstić information content (AvgIpc) is 2.68. The lowest BCUT2D eigenvalue weighted by molar-refractivity contribution is -0.384. The normalized spacial score (nSPS) is 14.4. The molecule has 0 amide bonds. The smallest absolute Gasteiger partial charge is 0.348 e. The Balaban J connectivity index is 1.97. The zero-order valence-corrected chi connectivity index (χ0v) is 12.9. The molecule has 114 valence electrons. The molecule has 0 spiro atoms. The Morgan fingerprint density at radius 1 is 1.18 bits per heavy atom. The summed E-state index contributed by atoms with van der Waals surface area (Å²) >= 11 is 5.96. The van der Waals surface area contributed by atoms with Gasteiger partial charge >= 0.3 is 5.69 Å². The Morgan fingerprint density at radius 2 is 1.77 bits per heavy atom. The molecule has 3 rings (SSSR count). The molecule has 0 unspecified atom stereocenters. The van der Waals surface area contributed by atoms with Crippen LogP contribution in [0.5, 0.6) is 0 Å². The Bertz CT molecular complexity index is 708. The molecule has 2 heterocycles. The molecule has 1 aliphatic heterocycles. The number of aromatic nitrogens is 2. The first-order valence-electron chi connectivity index (χ1n) is 7.06. The second-order valence-electron chi connectivity index (χ2n) is 5.25. The van der Waals surface area contributed by atoms with Crippen LogP contribution in [-0.4, -0.2) is 28.0 Å². The number of fused-ring (bicyclic) bond motifs is 1. The summed E-state index contributed by atoms with van der Waals surface area (Å²) in [6.45, 7) is 3.03. The molecule has 0 aliphatic carbocycles. The highest BCUT2D eigenvalue weighted by atomic mass is 35.5. The van der Waals surface area contributed by atoms with E-state index in [4.69, 9.17) is 11.6 Å². The van der Waals surface area contributed by atoms with Gasteiger partial charge in [0.15, 0.2) is 0 Å². The van der Waals surface area contributed by atoms with Crippen molar-refractivity contribution < 1.29 is 4.92 Å². The molecule has 0 bridgehead atoms. The number of halogens is 1. The van der Waals surface area contributed by atoms with E-state index in [0.29, 0.717) is 24.7 Å². The van der Waals surface area contributed by atoms with E-state index >= 15 is 0 Å². The zero-order valence-electron chi connectivity index (χ0n) is 12.1. The topological polar surface area (TPSA) is 72.2 Å². The maximum atomic E-state index is 11.3. The fourth-order valence-electron chi connectivity index (χ4n) is 2.78. The van der Waals surface area contributed by atoms with E-state index < -0.39 is 4.92 Å². The Kier molecular flexibility index (Phi) is 3.94. The fourth-order valence-corrected chi connectivity index (χ4v) is 3.05. The molecule has 7 heteroatoms. The van der Waals surface area contributed by atoms with Gasteiger partial charge in [-0.25, -0.2) is 9.97 Å². The summed E-state index contributed by atoms with van der Waals surface area (Å²) in [5, 5.41) is 11.2. The largest absolute Gasteiger partial charge is 0.350 e. The highest BCUT2D eigenvalue weighted by molar-refractivity contribution is 6.31. The molecule has 0 N–H and O–H groups in total. The van der Waals surface area contributed by atoms with Gasteiger partial charge in [-0.2, -0.15) is 0 Å². The molecule has 0 atom stereocenters. The summed E-state index contributed by atoms with van der Waals surface area (Å²) in [4.78, 5) is 20.9. The first kappa shape index (κ1) is 14.7. The van der Waals surface area contributed by atoms with Crippen molar-refractivity contribution >= 4 is 23.1 Å². The number of hydrogen-bond acceptors (Lipinski definition) is 5. The van der Waals surface area contributed by atoms with Crippen molar-refractivity contribution in [2.24, 2.45) is 0 Å². The molecule has 0 saturated heterocycles. The summed E-state index contributed by atoms with van der Waals surface area (Å²) in [5.74, 6) is 0.752. The highest BCUT2D eigenvalue weighted by Gasteiger charge is 2.28. The Morgan fingerprint density at radius 3 is 2.32 bits per heavy atom. The van der Waals surface area contributed by atoms with Gasteiger partial charge in [-0.05, 0) is 30.9 Å². The van der Waals surface area contributed by atoms with E-state index in [9.17, 15) is 10.1 Å². The molecule has 2 aromatic rings. The van der Waals surface area contributed by atoms with Crippen molar-refractivity contribution in [3.63, 3.8) is 0 Å². The van der Waals surface area contributed by atoms with Crippen molar-refractivity contribution in [1.82, 2.24) is 9.97 Å². The van der Waals surface area contributed by atoms with Crippen LogP contribution in [0.4, 0.5) is 11.5 Å². The van der Waals surface area contributed by atoms with Crippen molar-refractivity contribution in [3.8, 4) is 0 Å². The van der Waals surface area contributed by atoms with Crippen molar-refractivity contribution in [2.75, 3.05) is 18.0 Å². The molecule has 0 saturated carbocycles. The molecular formula is C15H15ClN4O2. The SMILES string of the molecule is Cc1nc(Cl)c([N+](=O)[O-])c(N2CCc3ccccc3CC2)n1. The van der Waals surface area contributed by atoms with Gasteiger partial charge in [0.25, 0.3) is 0 Å². The minimum atomic E-state index is -0.505. The van der Waals surface area contributed by atoms with Crippen LogP contribution in [0.3, 0.4) is 0 Å². The molecule has 22 heavy (non-hydrogen) atoms. The van der Waals surface area contributed by atoms with Crippen LogP contribution < -0.4 is 4.90 Å². The van der Waals surface area contributed by atoms with E-state index in [1.807, 2.05) is 17.0 Å². The Hall–Kier alpha value is -2.21. The van der Waals surface area contributed by atoms with Crippen LogP contribution in [0.2, 0.25) is 5.15 Å². The van der Waals surface area contributed by atoms with Gasteiger partial charge in [0, 0.05) is 13.1 Å².